The molecular weight excluding hydrogens is 554 g/mol. The van der Waals surface area contributed by atoms with Crippen LogP contribution in [0.25, 0.3) is 5.57 Å². The molecule has 42 heavy (non-hydrogen) atoms. The molecule has 0 unspecified atom stereocenters. The highest BCUT2D eigenvalue weighted by Crippen LogP contribution is 2.33. The third-order valence-electron chi connectivity index (χ3n) is 6.74. The average Bonchev–Trinajstić information content (AvgIpc) is 3.50. The van der Waals surface area contributed by atoms with E-state index >= 15 is 0 Å². The molecule has 13 heteroatoms. The number of anilines is 3. The normalized spacial score (nSPS) is 13.3. The number of hydrogen-bond donors (Lipinski definition) is 3. The molecule has 0 saturated heterocycles. The number of rotatable bonds is 7. The fourth-order valence-corrected chi connectivity index (χ4v) is 4.58. The van der Waals surface area contributed by atoms with Crippen LogP contribution in [-0.4, -0.2) is 32.6 Å². The number of carbonyl (C=O) groups is 2. The number of urea groups is 1. The number of amides is 3. The molecule has 3 N–H and O–H groups in total. The van der Waals surface area contributed by atoms with Gasteiger partial charge in [0, 0.05) is 16.9 Å². The number of carbonyl (C=O) groups excluding carboxylic acids is 2. The Morgan fingerprint density at radius 1 is 0.952 bits per heavy atom. The molecule has 216 valence electrons. The zero-order chi connectivity index (χ0) is 29.7. The molecule has 3 amide bonds. The minimum atomic E-state index is -4.92. The lowest BCUT2D eigenvalue weighted by Gasteiger charge is -2.24. The molecule has 1 aromatic heterocycles. The molecule has 5 rings (SSSR count). The smallest absolute Gasteiger partial charge is 0.308 e. The van der Waals surface area contributed by atoms with Crippen LogP contribution in [0.5, 0.6) is 0 Å². The quantitative estimate of drug-likeness (QED) is 0.208. The van der Waals surface area contributed by atoms with Crippen molar-refractivity contribution < 1.29 is 27.2 Å². The summed E-state index contributed by atoms with van der Waals surface area (Å²) in [6.45, 7) is 0.0218. The van der Waals surface area contributed by atoms with E-state index in [-0.39, 0.29) is 18.2 Å². The third-order valence-corrected chi connectivity index (χ3v) is 6.74. The Morgan fingerprint density at radius 3 is 2.36 bits per heavy atom. The number of benzene rings is 3. The van der Waals surface area contributed by atoms with Gasteiger partial charge in [-0.05, 0) is 90.1 Å². The summed E-state index contributed by atoms with van der Waals surface area (Å²) in [5.41, 5.74) is 1.99. The van der Waals surface area contributed by atoms with Crippen LogP contribution in [0.2, 0.25) is 0 Å². The Morgan fingerprint density at radius 2 is 1.71 bits per heavy atom. The highest BCUT2D eigenvalue weighted by molar-refractivity contribution is 6.03. The molecule has 1 aliphatic carbocycles. The maximum Gasteiger partial charge on any atom is 0.419 e. The highest BCUT2D eigenvalue weighted by Gasteiger charge is 2.34. The molecule has 0 bridgehead atoms. The van der Waals surface area contributed by atoms with Crippen molar-refractivity contribution in [3.05, 3.63) is 101 Å². The minimum absolute atomic E-state index is 0.00818. The van der Waals surface area contributed by atoms with Gasteiger partial charge in [0.05, 0.1) is 12.1 Å². The largest absolute Gasteiger partial charge is 0.419 e. The van der Waals surface area contributed by atoms with Crippen molar-refractivity contribution in [1.82, 2.24) is 20.6 Å². The van der Waals surface area contributed by atoms with Gasteiger partial charge in [0.15, 0.2) is 0 Å². The van der Waals surface area contributed by atoms with Crippen LogP contribution in [0.1, 0.15) is 52.7 Å². The number of nitrogens with one attached hydrogen (secondary N) is 3. The van der Waals surface area contributed by atoms with Gasteiger partial charge in [-0.25, -0.2) is 9.18 Å². The number of halogens is 4. The summed E-state index contributed by atoms with van der Waals surface area (Å²) in [6.07, 6.45) is 1.49. The molecule has 0 saturated carbocycles. The summed E-state index contributed by atoms with van der Waals surface area (Å²) in [5, 5.41) is 17.9. The van der Waals surface area contributed by atoms with Gasteiger partial charge in [-0.3, -0.25) is 15.0 Å². The van der Waals surface area contributed by atoms with Gasteiger partial charge in [-0.15, -0.1) is 5.10 Å². The van der Waals surface area contributed by atoms with E-state index in [0.29, 0.717) is 28.9 Å². The first-order valence-corrected chi connectivity index (χ1v) is 13.1. The highest BCUT2D eigenvalue weighted by atomic mass is 19.4. The molecule has 0 spiro atoms. The van der Waals surface area contributed by atoms with E-state index in [9.17, 15) is 27.2 Å². The number of aromatic nitrogens is 4. The number of nitrogens with zero attached hydrogens (tertiary/aromatic N) is 4. The van der Waals surface area contributed by atoms with Crippen LogP contribution >= 0.6 is 0 Å². The predicted octanol–water partition coefficient (Wildman–Crippen LogP) is 6.81. The van der Waals surface area contributed by atoms with Crippen molar-refractivity contribution in [2.24, 2.45) is 0 Å². The number of allylic oxidation sites excluding steroid dienone is 2. The van der Waals surface area contributed by atoms with Crippen molar-refractivity contribution in [3.63, 3.8) is 0 Å². The zero-order valence-electron chi connectivity index (χ0n) is 22.1. The number of aromatic amines is 1. The second-order valence-corrected chi connectivity index (χ2v) is 9.62. The van der Waals surface area contributed by atoms with E-state index in [0.717, 1.165) is 37.3 Å². The second-order valence-electron chi connectivity index (χ2n) is 9.62. The van der Waals surface area contributed by atoms with Crippen LogP contribution in [-0.2, 0) is 12.7 Å². The topological polar surface area (TPSA) is 116 Å². The minimum Gasteiger partial charge on any atom is -0.308 e. The van der Waals surface area contributed by atoms with E-state index < -0.39 is 29.5 Å². The summed E-state index contributed by atoms with van der Waals surface area (Å²) >= 11 is 0. The van der Waals surface area contributed by atoms with Crippen molar-refractivity contribution >= 4 is 34.8 Å². The van der Waals surface area contributed by atoms with Gasteiger partial charge in [0.1, 0.15) is 5.82 Å². The summed E-state index contributed by atoms with van der Waals surface area (Å²) in [7, 11) is 0. The van der Waals surface area contributed by atoms with E-state index in [1.807, 2.05) is 12.1 Å². The van der Waals surface area contributed by atoms with E-state index in [1.165, 1.54) is 10.5 Å². The summed E-state index contributed by atoms with van der Waals surface area (Å²) in [5.74, 6) is -1.90. The van der Waals surface area contributed by atoms with Gasteiger partial charge < -0.3 is 5.32 Å². The summed E-state index contributed by atoms with van der Waals surface area (Å²) < 4.78 is 53.6. The Kier molecular flexibility index (Phi) is 8.27. The lowest BCUT2D eigenvalue weighted by atomic mass is 9.93. The van der Waals surface area contributed by atoms with Crippen LogP contribution < -0.4 is 15.5 Å². The fraction of sp³-hybridized carbons (Fsp3) is 0.207. The first-order valence-electron chi connectivity index (χ1n) is 13.1. The third kappa shape index (κ3) is 6.79. The average molecular weight is 580 g/mol. The number of H-pyrrole nitrogens is 1. The first-order chi connectivity index (χ1) is 20.2. The van der Waals surface area contributed by atoms with Crippen molar-refractivity contribution in [1.29, 1.82) is 0 Å². The molecule has 3 aromatic carbocycles. The standard InChI is InChI=1S/C29H25F4N7O2/c30-25-15-12-22(16-24(25)29(31,32)33)34-28(42)40(23-13-10-20(11-14-23)19-4-2-1-3-5-19)17-18-6-8-21(9-7-18)26(41)35-27-36-38-39-37-27/h4,6-16H,1-3,5,17H2,(H,34,42)(H2,35,36,37,38,39,41). The lowest BCUT2D eigenvalue weighted by molar-refractivity contribution is -0.139. The molecule has 4 aromatic rings. The van der Waals surface area contributed by atoms with Gasteiger partial charge in [0.2, 0.25) is 0 Å². The molecular formula is C29H25F4N7O2. The van der Waals surface area contributed by atoms with Crippen molar-refractivity contribution in [2.75, 3.05) is 15.5 Å². The zero-order valence-corrected chi connectivity index (χ0v) is 22.1. The molecule has 0 aliphatic heterocycles. The maximum atomic E-state index is 13.8. The first kappa shape index (κ1) is 28.5. The Hall–Kier alpha value is -5.07. The van der Waals surface area contributed by atoms with Gasteiger partial charge in [-0.2, -0.15) is 18.4 Å². The van der Waals surface area contributed by atoms with Crippen LogP contribution in [0.4, 0.5) is 39.7 Å². The van der Waals surface area contributed by atoms with E-state index in [4.69, 9.17) is 0 Å². The van der Waals surface area contributed by atoms with Crippen molar-refractivity contribution in [2.45, 2.75) is 38.4 Å². The number of tetrazole rings is 1. The number of hydrogen-bond acceptors (Lipinski definition) is 5. The lowest BCUT2D eigenvalue weighted by Crippen LogP contribution is -2.34. The molecule has 0 radical (unpaired) electrons. The Balaban J connectivity index is 1.39. The van der Waals surface area contributed by atoms with Gasteiger partial charge >= 0.3 is 12.2 Å². The summed E-state index contributed by atoms with van der Waals surface area (Å²) in [6, 6.07) is 15.3. The Labute approximate surface area is 237 Å². The molecule has 1 aliphatic rings. The van der Waals surface area contributed by atoms with Gasteiger partial charge in [0.25, 0.3) is 11.9 Å². The maximum absolute atomic E-state index is 13.8. The monoisotopic (exact) mass is 579 g/mol. The van der Waals surface area contributed by atoms with Gasteiger partial charge in [-0.1, -0.05) is 35.4 Å². The number of alkyl halides is 3. The second kappa shape index (κ2) is 12.2. The van der Waals surface area contributed by atoms with Crippen LogP contribution in [0.3, 0.4) is 0 Å². The van der Waals surface area contributed by atoms with Crippen LogP contribution in [0.15, 0.2) is 72.8 Å². The molecule has 0 atom stereocenters. The molecule has 9 nitrogen and oxygen atoms in total. The van der Waals surface area contributed by atoms with E-state index in [1.54, 1.807) is 36.4 Å². The van der Waals surface area contributed by atoms with E-state index in [2.05, 4.69) is 37.3 Å². The summed E-state index contributed by atoms with van der Waals surface area (Å²) in [4.78, 5) is 27.2. The van der Waals surface area contributed by atoms with Crippen molar-refractivity contribution in [3.8, 4) is 0 Å². The Bertz CT molecular complexity index is 1590. The SMILES string of the molecule is O=C(Nc1nn[nH]n1)c1ccc(CN(C(=O)Nc2ccc(F)c(C(F)(F)F)c2)c2ccc(C3=CCCCC3)cc2)cc1. The fourth-order valence-electron chi connectivity index (χ4n) is 4.58. The molecule has 1 heterocycles. The molecule has 0 fully saturated rings. The van der Waals surface area contributed by atoms with Crippen LogP contribution in [0, 0.1) is 5.82 Å². The predicted molar refractivity (Wildman–Crippen MR) is 148 cm³/mol.